The van der Waals surface area contributed by atoms with Crippen molar-refractivity contribution >= 4 is 0 Å². The Bertz CT molecular complexity index is 291. The fourth-order valence-electron chi connectivity index (χ4n) is 3.56. The molecule has 1 fully saturated rings. The van der Waals surface area contributed by atoms with Crippen LogP contribution in [-0.4, -0.2) is 6.04 Å². The van der Waals surface area contributed by atoms with Gasteiger partial charge in [-0.15, -0.1) is 0 Å². The van der Waals surface area contributed by atoms with E-state index < -0.39 is 0 Å². The summed E-state index contributed by atoms with van der Waals surface area (Å²) in [7, 11) is 0. The fraction of sp³-hybridized carbons (Fsp3) is 0.667. The SMILES string of the molecule is N[C@H]1C[C@@]23C=C[C@@]12CC/C=C\CC3. The van der Waals surface area contributed by atoms with E-state index in [4.69, 9.17) is 5.73 Å². The van der Waals surface area contributed by atoms with Crippen LogP contribution in [0.4, 0.5) is 0 Å². The third kappa shape index (κ3) is 0.727. The second-order valence-electron chi connectivity index (χ2n) is 4.89. The minimum atomic E-state index is 0.414. The number of rotatable bonds is 0. The predicted molar refractivity (Wildman–Crippen MR) is 54.2 cm³/mol. The van der Waals surface area contributed by atoms with Gasteiger partial charge in [-0.2, -0.15) is 0 Å². The number of nitrogens with two attached hydrogens (primary N) is 1. The minimum absolute atomic E-state index is 0.414. The summed E-state index contributed by atoms with van der Waals surface area (Å²) in [6.45, 7) is 0. The van der Waals surface area contributed by atoms with E-state index in [9.17, 15) is 0 Å². The first-order chi connectivity index (χ1) is 6.29. The van der Waals surface area contributed by atoms with Crippen LogP contribution in [0.5, 0.6) is 0 Å². The Morgan fingerprint density at radius 1 is 1.08 bits per heavy atom. The molecule has 70 valence electrons. The Morgan fingerprint density at radius 3 is 2.46 bits per heavy atom. The van der Waals surface area contributed by atoms with E-state index in [0.29, 0.717) is 16.9 Å². The highest BCUT2D eigenvalue weighted by atomic mass is 14.8. The molecule has 13 heavy (non-hydrogen) atoms. The van der Waals surface area contributed by atoms with Crippen molar-refractivity contribution in [3.8, 4) is 0 Å². The lowest BCUT2D eigenvalue weighted by atomic mass is 9.38. The molecule has 3 atom stereocenters. The number of allylic oxidation sites excluding steroid dienone is 3. The Morgan fingerprint density at radius 2 is 1.85 bits per heavy atom. The van der Waals surface area contributed by atoms with Gasteiger partial charge < -0.3 is 5.73 Å². The third-order valence-electron chi connectivity index (χ3n) is 4.52. The first kappa shape index (κ1) is 7.81. The summed E-state index contributed by atoms with van der Waals surface area (Å²) in [6, 6.07) is 0.448. The molecule has 0 amide bonds. The number of hydrogen-bond acceptors (Lipinski definition) is 1. The Kier molecular flexibility index (Phi) is 1.36. The first-order valence-corrected chi connectivity index (χ1v) is 5.40. The molecule has 1 heteroatoms. The van der Waals surface area contributed by atoms with E-state index in [1.54, 1.807) is 0 Å². The minimum Gasteiger partial charge on any atom is -0.327 e. The zero-order chi connectivity index (χ0) is 8.94. The van der Waals surface area contributed by atoms with Crippen LogP contribution in [0.25, 0.3) is 0 Å². The van der Waals surface area contributed by atoms with Crippen LogP contribution < -0.4 is 5.73 Å². The average Bonchev–Trinajstić information content (AvgIpc) is 2.13. The van der Waals surface area contributed by atoms with Crippen LogP contribution in [-0.2, 0) is 0 Å². The molecule has 0 aliphatic heterocycles. The van der Waals surface area contributed by atoms with Crippen molar-refractivity contribution in [2.45, 2.75) is 38.1 Å². The largest absolute Gasteiger partial charge is 0.327 e. The van der Waals surface area contributed by atoms with Crippen molar-refractivity contribution in [3.05, 3.63) is 24.3 Å². The maximum absolute atomic E-state index is 6.15. The quantitative estimate of drug-likeness (QED) is 0.562. The predicted octanol–water partition coefficient (Wildman–Crippen LogP) is 2.39. The lowest BCUT2D eigenvalue weighted by Crippen LogP contribution is -2.67. The monoisotopic (exact) mass is 175 g/mol. The normalized spacial score (nSPS) is 54.7. The molecule has 0 saturated heterocycles. The molecule has 1 saturated carbocycles. The standard InChI is InChI=1S/C12H17N/c13-10-9-11-5-3-1-2-4-6-12(10,11)8-7-11/h1-2,7-8,10H,3-6,9,13H2/b2-1-/t10-,11+,12-/m0/s1. The molecule has 0 bridgehead atoms. The van der Waals surface area contributed by atoms with Crippen molar-refractivity contribution in [1.82, 2.24) is 0 Å². The van der Waals surface area contributed by atoms with Gasteiger partial charge in [0.1, 0.15) is 0 Å². The van der Waals surface area contributed by atoms with Crippen LogP contribution >= 0.6 is 0 Å². The smallest absolute Gasteiger partial charge is 0.0147 e. The lowest BCUT2D eigenvalue weighted by molar-refractivity contribution is -0.0663. The van der Waals surface area contributed by atoms with Crippen molar-refractivity contribution in [1.29, 1.82) is 0 Å². The fourth-order valence-corrected chi connectivity index (χ4v) is 3.56. The van der Waals surface area contributed by atoms with Crippen molar-refractivity contribution in [2.75, 3.05) is 0 Å². The number of hydrogen-bond donors (Lipinski definition) is 1. The topological polar surface area (TPSA) is 26.0 Å². The van der Waals surface area contributed by atoms with E-state index in [1.165, 1.54) is 32.1 Å². The van der Waals surface area contributed by atoms with Gasteiger partial charge in [-0.1, -0.05) is 24.3 Å². The molecule has 0 spiro atoms. The highest BCUT2D eigenvalue weighted by Gasteiger charge is 2.64. The summed E-state index contributed by atoms with van der Waals surface area (Å²) in [5, 5.41) is 0. The van der Waals surface area contributed by atoms with Crippen LogP contribution in [0.2, 0.25) is 0 Å². The van der Waals surface area contributed by atoms with E-state index >= 15 is 0 Å². The van der Waals surface area contributed by atoms with Crippen LogP contribution in [0, 0.1) is 10.8 Å². The first-order valence-electron chi connectivity index (χ1n) is 5.40. The van der Waals surface area contributed by atoms with Gasteiger partial charge in [-0.05, 0) is 32.1 Å². The third-order valence-corrected chi connectivity index (χ3v) is 4.52. The molecule has 2 N–H and O–H groups in total. The molecule has 3 rings (SSSR count). The zero-order valence-corrected chi connectivity index (χ0v) is 8.00. The summed E-state index contributed by atoms with van der Waals surface area (Å²) in [5.41, 5.74) is 7.09. The summed E-state index contributed by atoms with van der Waals surface area (Å²) in [4.78, 5) is 0. The van der Waals surface area contributed by atoms with E-state index in [0.717, 1.165) is 0 Å². The van der Waals surface area contributed by atoms with Crippen molar-refractivity contribution in [2.24, 2.45) is 16.6 Å². The van der Waals surface area contributed by atoms with Gasteiger partial charge in [0, 0.05) is 16.9 Å². The second kappa shape index (κ2) is 2.27. The van der Waals surface area contributed by atoms with Crippen molar-refractivity contribution < 1.29 is 0 Å². The van der Waals surface area contributed by atoms with Gasteiger partial charge in [0.25, 0.3) is 0 Å². The van der Waals surface area contributed by atoms with Gasteiger partial charge in [0.05, 0.1) is 0 Å². The Labute approximate surface area is 79.7 Å². The maximum atomic E-state index is 6.15. The highest BCUT2D eigenvalue weighted by Crippen LogP contribution is 2.68. The molecule has 3 aliphatic rings. The Balaban J connectivity index is 1.94. The molecular weight excluding hydrogens is 158 g/mol. The molecule has 0 radical (unpaired) electrons. The summed E-state index contributed by atoms with van der Waals surface area (Å²) in [6.07, 6.45) is 15.8. The van der Waals surface area contributed by atoms with Crippen molar-refractivity contribution in [3.63, 3.8) is 0 Å². The Hall–Kier alpha value is -0.560. The molecule has 0 aromatic carbocycles. The highest BCUT2D eigenvalue weighted by molar-refractivity contribution is 5.37. The average molecular weight is 175 g/mol. The zero-order valence-electron chi connectivity index (χ0n) is 8.00. The van der Waals surface area contributed by atoms with Crippen LogP contribution in [0.3, 0.4) is 0 Å². The molecule has 0 heterocycles. The molecule has 0 aromatic rings. The van der Waals surface area contributed by atoms with E-state index in [1.807, 2.05) is 0 Å². The van der Waals surface area contributed by atoms with Gasteiger partial charge >= 0.3 is 0 Å². The van der Waals surface area contributed by atoms with E-state index in [2.05, 4.69) is 24.3 Å². The molecule has 1 nitrogen and oxygen atoms in total. The van der Waals surface area contributed by atoms with Gasteiger partial charge in [-0.3, -0.25) is 0 Å². The summed E-state index contributed by atoms with van der Waals surface area (Å²) >= 11 is 0. The maximum Gasteiger partial charge on any atom is 0.0147 e. The molecular formula is C12H17N. The van der Waals surface area contributed by atoms with Gasteiger partial charge in [0.2, 0.25) is 0 Å². The summed E-state index contributed by atoms with van der Waals surface area (Å²) in [5.74, 6) is 0. The molecule has 0 aromatic heterocycles. The molecule has 0 unspecified atom stereocenters. The molecule has 3 aliphatic carbocycles. The van der Waals surface area contributed by atoms with E-state index in [-0.39, 0.29) is 0 Å². The van der Waals surface area contributed by atoms with Crippen LogP contribution in [0.15, 0.2) is 24.3 Å². The van der Waals surface area contributed by atoms with Gasteiger partial charge in [0.15, 0.2) is 0 Å². The second-order valence-corrected chi connectivity index (χ2v) is 4.89. The van der Waals surface area contributed by atoms with Gasteiger partial charge in [-0.25, -0.2) is 0 Å². The lowest BCUT2D eigenvalue weighted by Gasteiger charge is -2.67. The summed E-state index contributed by atoms with van der Waals surface area (Å²) < 4.78 is 0. The van der Waals surface area contributed by atoms with Crippen LogP contribution in [0.1, 0.15) is 32.1 Å².